The van der Waals surface area contributed by atoms with E-state index < -0.39 is 31.5 Å². The summed E-state index contributed by atoms with van der Waals surface area (Å²) in [6, 6.07) is 2.25. The Bertz CT molecular complexity index is 1170. The molecule has 0 unspecified atom stereocenters. The maximum absolute atomic E-state index is 13.9. The SMILES string of the molecule is O=[N+]([O-])c1c(N2CCN(S(=O)(=O)c3cc(F)ccc3F)CC2)nc2sccn12. The van der Waals surface area contributed by atoms with E-state index in [1.807, 2.05) is 0 Å². The zero-order valence-electron chi connectivity index (χ0n) is 14.2. The molecule has 2 aromatic heterocycles. The van der Waals surface area contributed by atoms with Crippen molar-refractivity contribution >= 4 is 38.0 Å². The summed E-state index contributed by atoms with van der Waals surface area (Å²) in [5, 5.41) is 13.1. The Kier molecular flexibility index (Phi) is 4.51. The van der Waals surface area contributed by atoms with Gasteiger partial charge in [0.2, 0.25) is 15.8 Å². The fraction of sp³-hybridized carbons (Fsp3) is 0.267. The van der Waals surface area contributed by atoms with E-state index in [1.165, 1.54) is 15.7 Å². The van der Waals surface area contributed by atoms with Crippen LogP contribution in [0.25, 0.3) is 4.96 Å². The van der Waals surface area contributed by atoms with Crippen LogP contribution in [0.5, 0.6) is 0 Å². The van der Waals surface area contributed by atoms with Gasteiger partial charge in [-0.15, -0.1) is 0 Å². The molecule has 148 valence electrons. The highest BCUT2D eigenvalue weighted by atomic mass is 32.2. The van der Waals surface area contributed by atoms with Crippen LogP contribution in [0.2, 0.25) is 0 Å². The molecule has 0 bridgehead atoms. The number of sulfonamides is 1. The van der Waals surface area contributed by atoms with E-state index in [2.05, 4.69) is 4.98 Å². The Morgan fingerprint density at radius 1 is 1.18 bits per heavy atom. The van der Waals surface area contributed by atoms with Crippen LogP contribution in [0.15, 0.2) is 34.7 Å². The quantitative estimate of drug-likeness (QED) is 0.465. The van der Waals surface area contributed by atoms with E-state index in [-0.39, 0.29) is 37.8 Å². The second-order valence-corrected chi connectivity index (χ2v) is 8.82. The van der Waals surface area contributed by atoms with Crippen LogP contribution in [0.4, 0.5) is 20.4 Å². The first-order valence-electron chi connectivity index (χ1n) is 8.09. The van der Waals surface area contributed by atoms with E-state index in [0.29, 0.717) is 11.0 Å². The first kappa shape index (κ1) is 18.7. The molecule has 0 atom stereocenters. The second kappa shape index (κ2) is 6.76. The molecule has 4 rings (SSSR count). The molecule has 0 saturated carbocycles. The van der Waals surface area contributed by atoms with Crippen LogP contribution >= 0.6 is 11.3 Å². The van der Waals surface area contributed by atoms with Crippen LogP contribution < -0.4 is 4.90 Å². The Hall–Kier alpha value is -2.64. The van der Waals surface area contributed by atoms with Gasteiger partial charge in [-0.3, -0.25) is 0 Å². The number of nitrogens with zero attached hydrogens (tertiary/aromatic N) is 5. The third kappa shape index (κ3) is 3.00. The van der Waals surface area contributed by atoms with Crippen LogP contribution in [-0.2, 0) is 10.0 Å². The van der Waals surface area contributed by atoms with Gasteiger partial charge in [-0.25, -0.2) is 17.2 Å². The Balaban J connectivity index is 1.58. The van der Waals surface area contributed by atoms with Gasteiger partial charge < -0.3 is 15.0 Å². The van der Waals surface area contributed by atoms with Crippen molar-refractivity contribution in [2.45, 2.75) is 4.90 Å². The maximum atomic E-state index is 13.9. The number of aromatic nitrogens is 2. The smallest absolute Gasteiger partial charge is 0.358 e. The average molecular weight is 429 g/mol. The van der Waals surface area contributed by atoms with Gasteiger partial charge >= 0.3 is 5.82 Å². The van der Waals surface area contributed by atoms with Crippen LogP contribution in [0, 0.1) is 21.7 Å². The Morgan fingerprint density at radius 3 is 2.57 bits per heavy atom. The van der Waals surface area contributed by atoms with Crippen molar-refractivity contribution in [1.29, 1.82) is 0 Å². The summed E-state index contributed by atoms with van der Waals surface area (Å²) in [7, 11) is -4.23. The second-order valence-electron chi connectivity index (χ2n) is 6.04. The lowest BCUT2D eigenvalue weighted by molar-refractivity contribution is -0.389. The van der Waals surface area contributed by atoms with Crippen molar-refractivity contribution in [3.8, 4) is 0 Å². The molecule has 0 amide bonds. The topological polar surface area (TPSA) is 101 Å². The standard InChI is InChI=1S/C15H13F2N5O4S2/c16-10-1-2-11(17)12(9-10)28(25,26)20-5-3-19(4-6-20)13-14(22(23)24)21-7-8-27-15(21)18-13/h1-2,7-9H,3-6H2. The number of piperazine rings is 1. The van der Waals surface area contributed by atoms with Gasteiger partial charge in [-0.05, 0) is 23.1 Å². The zero-order chi connectivity index (χ0) is 20.1. The van der Waals surface area contributed by atoms with E-state index >= 15 is 0 Å². The minimum atomic E-state index is -4.23. The molecular formula is C15H13F2N5O4S2. The predicted octanol–water partition coefficient (Wildman–Crippen LogP) is 2.09. The first-order chi connectivity index (χ1) is 13.3. The molecule has 13 heteroatoms. The van der Waals surface area contributed by atoms with Crippen molar-refractivity contribution in [2.24, 2.45) is 0 Å². The van der Waals surface area contributed by atoms with Gasteiger partial charge in [-0.1, -0.05) is 11.3 Å². The normalized spacial score (nSPS) is 16.0. The third-order valence-corrected chi connectivity index (χ3v) is 7.11. The number of imidazole rings is 1. The highest BCUT2D eigenvalue weighted by molar-refractivity contribution is 7.89. The van der Waals surface area contributed by atoms with E-state index in [1.54, 1.807) is 16.5 Å². The number of rotatable bonds is 4. The van der Waals surface area contributed by atoms with E-state index in [0.717, 1.165) is 16.4 Å². The van der Waals surface area contributed by atoms with Gasteiger partial charge in [0.25, 0.3) is 4.96 Å². The molecule has 9 nitrogen and oxygen atoms in total. The number of anilines is 1. The Labute approximate surface area is 161 Å². The van der Waals surface area contributed by atoms with E-state index in [4.69, 9.17) is 0 Å². The molecule has 0 aliphatic carbocycles. The number of halogens is 2. The summed E-state index contributed by atoms with van der Waals surface area (Å²) in [6.07, 6.45) is 1.54. The third-order valence-electron chi connectivity index (χ3n) is 4.44. The first-order valence-corrected chi connectivity index (χ1v) is 10.4. The van der Waals surface area contributed by atoms with Crippen molar-refractivity contribution in [3.05, 3.63) is 51.5 Å². The number of hydrogen-bond acceptors (Lipinski definition) is 7. The lowest BCUT2D eigenvalue weighted by Crippen LogP contribution is -2.49. The maximum Gasteiger partial charge on any atom is 0.373 e. The largest absolute Gasteiger partial charge is 0.373 e. The Morgan fingerprint density at radius 2 is 1.89 bits per heavy atom. The summed E-state index contributed by atoms with van der Waals surface area (Å²) < 4.78 is 55.0. The van der Waals surface area contributed by atoms with Crippen molar-refractivity contribution < 1.29 is 22.1 Å². The lowest BCUT2D eigenvalue weighted by Gasteiger charge is -2.33. The fourth-order valence-electron chi connectivity index (χ4n) is 3.10. The minimum Gasteiger partial charge on any atom is -0.358 e. The number of thiazole rings is 1. The van der Waals surface area contributed by atoms with Gasteiger partial charge in [0, 0.05) is 31.6 Å². The van der Waals surface area contributed by atoms with Crippen molar-refractivity contribution in [3.63, 3.8) is 0 Å². The number of benzene rings is 1. The van der Waals surface area contributed by atoms with Crippen molar-refractivity contribution in [2.75, 3.05) is 31.1 Å². The number of fused-ring (bicyclic) bond motifs is 1. The van der Waals surface area contributed by atoms with Gasteiger partial charge in [0.05, 0.1) is 0 Å². The van der Waals surface area contributed by atoms with Crippen LogP contribution in [0.3, 0.4) is 0 Å². The molecule has 1 aromatic carbocycles. The molecular weight excluding hydrogens is 416 g/mol. The van der Waals surface area contributed by atoms with E-state index in [9.17, 15) is 27.3 Å². The molecule has 0 spiro atoms. The highest BCUT2D eigenvalue weighted by Crippen LogP contribution is 2.32. The predicted molar refractivity (Wildman–Crippen MR) is 97.1 cm³/mol. The molecule has 0 N–H and O–H groups in total. The molecule has 3 heterocycles. The van der Waals surface area contributed by atoms with Gasteiger partial charge in [0.15, 0.2) is 0 Å². The summed E-state index contributed by atoms with van der Waals surface area (Å²) >= 11 is 1.25. The molecule has 1 aliphatic heterocycles. The highest BCUT2D eigenvalue weighted by Gasteiger charge is 2.34. The lowest BCUT2D eigenvalue weighted by atomic mass is 10.3. The summed E-state index contributed by atoms with van der Waals surface area (Å²) in [4.78, 5) is 16.5. The summed E-state index contributed by atoms with van der Waals surface area (Å²) in [5.74, 6) is -1.92. The molecule has 0 radical (unpaired) electrons. The van der Waals surface area contributed by atoms with Crippen LogP contribution in [0.1, 0.15) is 0 Å². The molecule has 28 heavy (non-hydrogen) atoms. The van der Waals surface area contributed by atoms with Crippen LogP contribution in [-0.4, -0.2) is 53.2 Å². The fourth-order valence-corrected chi connectivity index (χ4v) is 5.30. The van der Waals surface area contributed by atoms with Gasteiger partial charge in [-0.2, -0.15) is 13.7 Å². The molecule has 1 saturated heterocycles. The zero-order valence-corrected chi connectivity index (χ0v) is 15.8. The molecule has 1 fully saturated rings. The number of nitro groups is 1. The molecule has 3 aromatic rings. The summed E-state index contributed by atoms with van der Waals surface area (Å²) in [5.41, 5.74) is 0. The van der Waals surface area contributed by atoms with Crippen molar-refractivity contribution in [1.82, 2.24) is 13.7 Å². The van der Waals surface area contributed by atoms with Gasteiger partial charge in [0.1, 0.15) is 22.7 Å². The summed E-state index contributed by atoms with van der Waals surface area (Å²) in [6.45, 7) is 0.172. The average Bonchev–Trinajstić information content (AvgIpc) is 3.24. The number of hydrogen-bond donors (Lipinski definition) is 0. The minimum absolute atomic E-state index is 0.0411. The monoisotopic (exact) mass is 429 g/mol. The molecule has 1 aliphatic rings.